The number of fused-ring (bicyclic) bond motifs is 1. The van der Waals surface area contributed by atoms with Gasteiger partial charge in [-0.05, 0) is 41.5 Å². The van der Waals surface area contributed by atoms with Crippen molar-refractivity contribution in [1.82, 2.24) is 0 Å². The van der Waals surface area contributed by atoms with Crippen molar-refractivity contribution in [2.75, 3.05) is 0 Å². The molecule has 0 aromatic heterocycles. The third-order valence-electron chi connectivity index (χ3n) is 2.31. The Kier molecular flexibility index (Phi) is 2.57. The van der Waals surface area contributed by atoms with E-state index in [4.69, 9.17) is 0 Å². The van der Waals surface area contributed by atoms with Crippen LogP contribution in [-0.2, 0) is 0 Å². The Morgan fingerprint density at radius 1 is 1.07 bits per heavy atom. The molecule has 0 aliphatic rings. The van der Waals surface area contributed by atoms with E-state index in [0.29, 0.717) is 0 Å². The van der Waals surface area contributed by atoms with Crippen LogP contribution in [0.1, 0.15) is 18.6 Å². The lowest BCUT2D eigenvalue weighted by Gasteiger charge is -2.06. The third-order valence-corrected chi connectivity index (χ3v) is 2.80. The topological polar surface area (TPSA) is 20.2 Å². The van der Waals surface area contributed by atoms with Crippen molar-refractivity contribution in [3.05, 3.63) is 46.4 Å². The van der Waals surface area contributed by atoms with Gasteiger partial charge in [0.1, 0.15) is 0 Å². The molecule has 1 N–H and O–H groups in total. The molecule has 0 saturated carbocycles. The van der Waals surface area contributed by atoms with E-state index in [9.17, 15) is 5.11 Å². The second-order valence-corrected chi connectivity index (χ2v) is 4.34. The van der Waals surface area contributed by atoms with Crippen molar-refractivity contribution in [1.29, 1.82) is 0 Å². The van der Waals surface area contributed by atoms with Crippen molar-refractivity contribution in [2.45, 2.75) is 13.0 Å². The van der Waals surface area contributed by atoms with E-state index in [2.05, 4.69) is 28.1 Å². The lowest BCUT2D eigenvalue weighted by molar-refractivity contribution is 0.199. The van der Waals surface area contributed by atoms with Crippen LogP contribution >= 0.6 is 15.9 Å². The zero-order chi connectivity index (χ0) is 10.1. The summed E-state index contributed by atoms with van der Waals surface area (Å²) in [4.78, 5) is 0. The maximum atomic E-state index is 9.44. The molecule has 2 aromatic rings. The van der Waals surface area contributed by atoms with Crippen LogP contribution < -0.4 is 0 Å². The maximum absolute atomic E-state index is 9.44. The summed E-state index contributed by atoms with van der Waals surface area (Å²) in [6.07, 6.45) is -0.404. The predicted octanol–water partition coefficient (Wildman–Crippen LogP) is 3.66. The summed E-state index contributed by atoms with van der Waals surface area (Å²) in [5, 5.41) is 11.8. The number of aliphatic hydroxyl groups is 1. The summed E-state index contributed by atoms with van der Waals surface area (Å²) >= 11 is 3.43. The van der Waals surface area contributed by atoms with Crippen LogP contribution in [0.2, 0.25) is 0 Å². The zero-order valence-corrected chi connectivity index (χ0v) is 9.45. The van der Waals surface area contributed by atoms with Crippen LogP contribution in [-0.4, -0.2) is 5.11 Å². The van der Waals surface area contributed by atoms with Gasteiger partial charge in [-0.2, -0.15) is 0 Å². The predicted molar refractivity (Wildman–Crippen MR) is 62.3 cm³/mol. The van der Waals surface area contributed by atoms with Gasteiger partial charge in [-0.3, -0.25) is 0 Å². The van der Waals surface area contributed by atoms with Crippen molar-refractivity contribution in [3.8, 4) is 0 Å². The van der Waals surface area contributed by atoms with E-state index >= 15 is 0 Å². The highest BCUT2D eigenvalue weighted by Gasteiger charge is 2.01. The van der Waals surface area contributed by atoms with Crippen LogP contribution in [0.3, 0.4) is 0 Å². The Bertz CT molecular complexity index is 463. The minimum atomic E-state index is -0.404. The monoisotopic (exact) mass is 250 g/mol. The molecule has 1 atom stereocenters. The molecule has 0 saturated heterocycles. The Morgan fingerprint density at radius 3 is 2.50 bits per heavy atom. The Morgan fingerprint density at radius 2 is 1.79 bits per heavy atom. The van der Waals surface area contributed by atoms with Crippen LogP contribution in [0, 0.1) is 0 Å². The Balaban J connectivity index is 2.63. The minimum Gasteiger partial charge on any atom is -0.389 e. The molecule has 14 heavy (non-hydrogen) atoms. The first-order valence-electron chi connectivity index (χ1n) is 4.54. The van der Waals surface area contributed by atoms with E-state index in [1.165, 1.54) is 5.39 Å². The second kappa shape index (κ2) is 3.71. The molecule has 1 nitrogen and oxygen atoms in total. The van der Waals surface area contributed by atoms with E-state index in [0.717, 1.165) is 15.4 Å². The van der Waals surface area contributed by atoms with Crippen molar-refractivity contribution >= 4 is 26.7 Å². The summed E-state index contributed by atoms with van der Waals surface area (Å²) in [5.41, 5.74) is 0.954. The van der Waals surface area contributed by atoms with Gasteiger partial charge in [0.05, 0.1) is 6.10 Å². The first-order valence-corrected chi connectivity index (χ1v) is 5.33. The maximum Gasteiger partial charge on any atom is 0.0762 e. The fourth-order valence-corrected chi connectivity index (χ4v) is 1.87. The van der Waals surface area contributed by atoms with E-state index in [-0.39, 0.29) is 0 Å². The lowest BCUT2D eigenvalue weighted by Crippen LogP contribution is -1.89. The third kappa shape index (κ3) is 1.81. The molecule has 0 amide bonds. The van der Waals surface area contributed by atoms with Gasteiger partial charge in [-0.1, -0.05) is 34.1 Å². The Labute approximate surface area is 91.5 Å². The fraction of sp³-hybridized carbons (Fsp3) is 0.167. The summed E-state index contributed by atoms with van der Waals surface area (Å²) < 4.78 is 1.06. The molecule has 2 aromatic carbocycles. The largest absolute Gasteiger partial charge is 0.389 e. The molecular formula is C12H11BrO. The normalized spacial score (nSPS) is 13.1. The zero-order valence-electron chi connectivity index (χ0n) is 7.87. The molecule has 0 radical (unpaired) electrons. The van der Waals surface area contributed by atoms with Crippen LogP contribution in [0.5, 0.6) is 0 Å². The SMILES string of the molecule is C[C@@H](O)c1ccc2ccc(Br)cc2c1. The van der Waals surface area contributed by atoms with Gasteiger partial charge >= 0.3 is 0 Å². The van der Waals surface area contributed by atoms with Crippen LogP contribution in [0.15, 0.2) is 40.9 Å². The molecular weight excluding hydrogens is 240 g/mol. The molecule has 0 fully saturated rings. The van der Waals surface area contributed by atoms with E-state index < -0.39 is 6.10 Å². The molecule has 72 valence electrons. The molecule has 2 rings (SSSR count). The number of halogens is 1. The lowest BCUT2D eigenvalue weighted by atomic mass is 10.0. The molecule has 0 spiro atoms. The highest BCUT2D eigenvalue weighted by atomic mass is 79.9. The van der Waals surface area contributed by atoms with Gasteiger partial charge < -0.3 is 5.11 Å². The summed E-state index contributed by atoms with van der Waals surface area (Å²) in [7, 11) is 0. The number of aliphatic hydroxyl groups excluding tert-OH is 1. The van der Waals surface area contributed by atoms with Gasteiger partial charge in [0.2, 0.25) is 0 Å². The minimum absolute atomic E-state index is 0.404. The number of rotatable bonds is 1. The molecule has 0 bridgehead atoms. The Hall–Kier alpha value is -0.860. The smallest absolute Gasteiger partial charge is 0.0762 e. The molecule has 0 heterocycles. The molecule has 2 heteroatoms. The fourth-order valence-electron chi connectivity index (χ4n) is 1.50. The highest BCUT2D eigenvalue weighted by Crippen LogP contribution is 2.23. The first kappa shape index (κ1) is 9.69. The number of hydrogen-bond donors (Lipinski definition) is 1. The molecule has 0 unspecified atom stereocenters. The van der Waals surface area contributed by atoms with Gasteiger partial charge in [0, 0.05) is 4.47 Å². The average molecular weight is 251 g/mol. The molecule has 0 aliphatic carbocycles. The molecule has 0 aliphatic heterocycles. The van der Waals surface area contributed by atoms with E-state index in [1.807, 2.05) is 24.3 Å². The first-order chi connectivity index (χ1) is 6.66. The number of benzene rings is 2. The van der Waals surface area contributed by atoms with Crippen molar-refractivity contribution < 1.29 is 5.11 Å². The van der Waals surface area contributed by atoms with Gasteiger partial charge in [0.25, 0.3) is 0 Å². The van der Waals surface area contributed by atoms with Crippen molar-refractivity contribution in [2.24, 2.45) is 0 Å². The van der Waals surface area contributed by atoms with Gasteiger partial charge in [-0.25, -0.2) is 0 Å². The van der Waals surface area contributed by atoms with Crippen LogP contribution in [0.25, 0.3) is 10.8 Å². The van der Waals surface area contributed by atoms with Gasteiger partial charge in [-0.15, -0.1) is 0 Å². The number of hydrogen-bond acceptors (Lipinski definition) is 1. The highest BCUT2D eigenvalue weighted by molar-refractivity contribution is 9.10. The van der Waals surface area contributed by atoms with Crippen molar-refractivity contribution in [3.63, 3.8) is 0 Å². The summed E-state index contributed by atoms with van der Waals surface area (Å²) in [6.45, 7) is 1.78. The summed E-state index contributed by atoms with van der Waals surface area (Å²) in [5.74, 6) is 0. The van der Waals surface area contributed by atoms with E-state index in [1.54, 1.807) is 6.92 Å². The van der Waals surface area contributed by atoms with Gasteiger partial charge in [0.15, 0.2) is 0 Å². The standard InChI is InChI=1S/C12H11BrO/c1-8(14)10-3-2-9-4-5-12(13)7-11(9)6-10/h2-8,14H,1H3/t8-/m1/s1. The van der Waals surface area contributed by atoms with Crippen LogP contribution in [0.4, 0.5) is 0 Å². The quantitative estimate of drug-likeness (QED) is 0.820. The average Bonchev–Trinajstić information content (AvgIpc) is 2.16. The summed E-state index contributed by atoms with van der Waals surface area (Å²) in [6, 6.07) is 12.1. The second-order valence-electron chi connectivity index (χ2n) is 3.43.